The van der Waals surface area contributed by atoms with Gasteiger partial charge in [-0.15, -0.1) is 0 Å². The van der Waals surface area contributed by atoms with Crippen molar-refractivity contribution < 1.29 is 0 Å². The van der Waals surface area contributed by atoms with Gasteiger partial charge in [0.05, 0.1) is 0 Å². The molecule has 0 aromatic carbocycles. The van der Waals surface area contributed by atoms with E-state index in [1.165, 1.54) is 75.5 Å². The fraction of sp³-hybridized carbons (Fsp3) is 0.722. The third-order valence-corrected chi connectivity index (χ3v) is 5.34. The normalized spacial score (nSPS) is 25.8. The highest BCUT2D eigenvalue weighted by Crippen LogP contribution is 2.35. The van der Waals surface area contributed by atoms with Crippen LogP contribution in [-0.4, -0.2) is 11.0 Å². The van der Waals surface area contributed by atoms with Crippen molar-refractivity contribution in [2.45, 2.75) is 76.2 Å². The first-order valence-electron chi connectivity index (χ1n) is 8.54. The summed E-state index contributed by atoms with van der Waals surface area (Å²) < 4.78 is 0. The zero-order valence-electron chi connectivity index (χ0n) is 12.6. The highest BCUT2D eigenvalue weighted by Gasteiger charge is 2.28. The predicted octanol–water partition coefficient (Wildman–Crippen LogP) is 4.19. The molecule has 1 aromatic heterocycles. The third-order valence-electron chi connectivity index (χ3n) is 5.34. The van der Waals surface area contributed by atoms with Crippen molar-refractivity contribution >= 4 is 0 Å². The first-order chi connectivity index (χ1) is 9.84. The minimum Gasteiger partial charge on any atom is -0.327 e. The highest BCUT2D eigenvalue weighted by molar-refractivity contribution is 5.27. The van der Waals surface area contributed by atoms with Crippen LogP contribution in [0.1, 0.15) is 75.0 Å². The first-order valence-corrected chi connectivity index (χ1v) is 8.54. The second kappa shape index (κ2) is 6.71. The SMILES string of the molecule is NC(CC1CCCCCC1)C1CCCc2cccnc21. The summed E-state index contributed by atoms with van der Waals surface area (Å²) in [4.78, 5) is 4.65. The van der Waals surface area contributed by atoms with Crippen molar-refractivity contribution in [1.82, 2.24) is 4.98 Å². The van der Waals surface area contributed by atoms with Gasteiger partial charge in [-0.3, -0.25) is 4.98 Å². The summed E-state index contributed by atoms with van der Waals surface area (Å²) in [6, 6.07) is 4.62. The minimum absolute atomic E-state index is 0.312. The Labute approximate surface area is 123 Å². The Kier molecular flexibility index (Phi) is 4.72. The van der Waals surface area contributed by atoms with Crippen LogP contribution in [0.15, 0.2) is 18.3 Å². The van der Waals surface area contributed by atoms with Crippen LogP contribution in [0.5, 0.6) is 0 Å². The van der Waals surface area contributed by atoms with Gasteiger partial charge in [-0.25, -0.2) is 0 Å². The molecule has 0 saturated heterocycles. The molecule has 1 aromatic rings. The van der Waals surface area contributed by atoms with E-state index in [4.69, 9.17) is 5.73 Å². The number of rotatable bonds is 3. The van der Waals surface area contributed by atoms with E-state index in [1.54, 1.807) is 0 Å². The molecule has 2 nitrogen and oxygen atoms in total. The van der Waals surface area contributed by atoms with Gasteiger partial charge in [0, 0.05) is 23.9 Å². The van der Waals surface area contributed by atoms with Crippen LogP contribution in [0, 0.1) is 5.92 Å². The van der Waals surface area contributed by atoms with Gasteiger partial charge in [-0.05, 0) is 43.2 Å². The third kappa shape index (κ3) is 3.22. The summed E-state index contributed by atoms with van der Waals surface area (Å²) in [6.07, 6.45) is 15.3. The number of hydrogen-bond acceptors (Lipinski definition) is 2. The van der Waals surface area contributed by atoms with Gasteiger partial charge in [-0.1, -0.05) is 44.6 Å². The van der Waals surface area contributed by atoms with Gasteiger partial charge in [0.15, 0.2) is 0 Å². The molecule has 2 aliphatic carbocycles. The van der Waals surface area contributed by atoms with Crippen LogP contribution < -0.4 is 5.73 Å². The summed E-state index contributed by atoms with van der Waals surface area (Å²) in [6.45, 7) is 0. The average molecular weight is 272 g/mol. The number of aromatic nitrogens is 1. The molecule has 0 bridgehead atoms. The van der Waals surface area contributed by atoms with Crippen LogP contribution in [0.25, 0.3) is 0 Å². The number of fused-ring (bicyclic) bond motifs is 1. The molecule has 2 aliphatic rings. The van der Waals surface area contributed by atoms with Crippen LogP contribution >= 0.6 is 0 Å². The van der Waals surface area contributed by atoms with Crippen molar-refractivity contribution in [2.75, 3.05) is 0 Å². The fourth-order valence-corrected chi connectivity index (χ4v) is 4.21. The van der Waals surface area contributed by atoms with Gasteiger partial charge >= 0.3 is 0 Å². The maximum absolute atomic E-state index is 6.61. The molecular formula is C18H28N2. The predicted molar refractivity (Wildman–Crippen MR) is 83.7 cm³/mol. The molecule has 1 fully saturated rings. The van der Waals surface area contributed by atoms with E-state index in [0.717, 1.165) is 5.92 Å². The maximum Gasteiger partial charge on any atom is 0.0481 e. The lowest BCUT2D eigenvalue weighted by molar-refractivity contribution is 0.340. The van der Waals surface area contributed by atoms with Gasteiger partial charge < -0.3 is 5.73 Å². The lowest BCUT2D eigenvalue weighted by atomic mass is 9.78. The monoisotopic (exact) mass is 272 g/mol. The summed E-state index contributed by atoms with van der Waals surface area (Å²) in [5.41, 5.74) is 9.36. The number of aryl methyl sites for hydroxylation is 1. The van der Waals surface area contributed by atoms with Gasteiger partial charge in [0.25, 0.3) is 0 Å². The van der Waals surface area contributed by atoms with Crippen molar-refractivity contribution in [3.63, 3.8) is 0 Å². The molecule has 0 aliphatic heterocycles. The zero-order chi connectivity index (χ0) is 13.8. The van der Waals surface area contributed by atoms with Gasteiger partial charge in [-0.2, -0.15) is 0 Å². The van der Waals surface area contributed by atoms with Gasteiger partial charge in [0.2, 0.25) is 0 Å². The van der Waals surface area contributed by atoms with E-state index in [-0.39, 0.29) is 0 Å². The lowest BCUT2D eigenvalue weighted by Crippen LogP contribution is -2.33. The van der Waals surface area contributed by atoms with Crippen LogP contribution in [-0.2, 0) is 6.42 Å². The molecule has 3 rings (SSSR count). The Morgan fingerprint density at radius 2 is 1.90 bits per heavy atom. The Morgan fingerprint density at radius 1 is 1.10 bits per heavy atom. The highest BCUT2D eigenvalue weighted by atomic mass is 14.7. The second-order valence-electron chi connectivity index (χ2n) is 6.80. The maximum atomic E-state index is 6.61. The molecule has 0 amide bonds. The minimum atomic E-state index is 0.312. The van der Waals surface area contributed by atoms with Crippen molar-refractivity contribution in [2.24, 2.45) is 11.7 Å². The molecule has 1 heterocycles. The molecular weight excluding hydrogens is 244 g/mol. The Bertz CT molecular complexity index is 421. The number of hydrogen-bond donors (Lipinski definition) is 1. The van der Waals surface area contributed by atoms with Gasteiger partial charge in [0.1, 0.15) is 0 Å². The van der Waals surface area contributed by atoms with E-state index in [2.05, 4.69) is 17.1 Å². The van der Waals surface area contributed by atoms with Crippen LogP contribution in [0.4, 0.5) is 0 Å². The summed E-state index contributed by atoms with van der Waals surface area (Å²) in [5, 5.41) is 0. The molecule has 110 valence electrons. The molecule has 0 spiro atoms. The lowest BCUT2D eigenvalue weighted by Gasteiger charge is -2.31. The van der Waals surface area contributed by atoms with Crippen molar-refractivity contribution in [1.29, 1.82) is 0 Å². The Balaban J connectivity index is 1.66. The van der Waals surface area contributed by atoms with Crippen LogP contribution in [0.3, 0.4) is 0 Å². The number of nitrogens with zero attached hydrogens (tertiary/aromatic N) is 1. The largest absolute Gasteiger partial charge is 0.327 e. The van der Waals surface area contributed by atoms with E-state index >= 15 is 0 Å². The van der Waals surface area contributed by atoms with E-state index in [9.17, 15) is 0 Å². The quantitative estimate of drug-likeness (QED) is 0.838. The summed E-state index contributed by atoms with van der Waals surface area (Å²) >= 11 is 0. The molecule has 2 heteroatoms. The molecule has 20 heavy (non-hydrogen) atoms. The molecule has 1 saturated carbocycles. The Hall–Kier alpha value is -0.890. The number of nitrogens with two attached hydrogens (primary N) is 1. The topological polar surface area (TPSA) is 38.9 Å². The summed E-state index contributed by atoms with van der Waals surface area (Å²) in [5.74, 6) is 1.37. The molecule has 2 unspecified atom stereocenters. The standard InChI is InChI=1S/C18H28N2/c19-17(13-14-7-3-1-2-4-8-14)16-11-5-9-15-10-6-12-20-18(15)16/h6,10,12,14,16-17H,1-5,7-9,11,13,19H2. The summed E-state index contributed by atoms with van der Waals surface area (Å²) in [7, 11) is 0. The fourth-order valence-electron chi connectivity index (χ4n) is 4.21. The van der Waals surface area contributed by atoms with E-state index in [1.807, 2.05) is 6.20 Å². The molecule has 2 atom stereocenters. The molecule has 2 N–H and O–H groups in total. The average Bonchev–Trinajstić information content (AvgIpc) is 2.75. The Morgan fingerprint density at radius 3 is 2.70 bits per heavy atom. The van der Waals surface area contributed by atoms with Crippen LogP contribution in [0.2, 0.25) is 0 Å². The second-order valence-corrected chi connectivity index (χ2v) is 6.80. The molecule has 0 radical (unpaired) electrons. The van der Waals surface area contributed by atoms with Crippen molar-refractivity contribution in [3.05, 3.63) is 29.6 Å². The number of pyridine rings is 1. The van der Waals surface area contributed by atoms with E-state index in [0.29, 0.717) is 12.0 Å². The zero-order valence-corrected chi connectivity index (χ0v) is 12.6. The first kappa shape index (κ1) is 14.1. The smallest absolute Gasteiger partial charge is 0.0481 e. The van der Waals surface area contributed by atoms with Crippen molar-refractivity contribution in [3.8, 4) is 0 Å². The van der Waals surface area contributed by atoms with E-state index < -0.39 is 0 Å².